The standard InChI is InChI=1S/C12H22N2O.ClH/c1-8(9-5-6-9)12(15)14-11-4-2-3-10(13)7-11;/h8-11H,2-7,13H2,1H3,(H,14,15);1H. The predicted molar refractivity (Wildman–Crippen MR) is 67.5 cm³/mol. The third kappa shape index (κ3) is 3.63. The molecule has 2 aliphatic rings. The van der Waals surface area contributed by atoms with Crippen LogP contribution in [0.25, 0.3) is 0 Å². The number of hydrogen-bond donors (Lipinski definition) is 2. The first-order valence-electron chi connectivity index (χ1n) is 6.22. The van der Waals surface area contributed by atoms with Gasteiger partial charge in [-0.05, 0) is 44.4 Å². The Morgan fingerprint density at radius 3 is 2.56 bits per heavy atom. The molecular weight excluding hydrogens is 224 g/mol. The molecule has 4 heteroatoms. The average Bonchev–Trinajstić information content (AvgIpc) is 2.99. The Kier molecular flexibility index (Phi) is 5.06. The number of halogens is 1. The van der Waals surface area contributed by atoms with Crippen LogP contribution in [0.2, 0.25) is 0 Å². The maximum Gasteiger partial charge on any atom is 0.223 e. The predicted octanol–water partition coefficient (Wildman–Crippen LogP) is 1.84. The summed E-state index contributed by atoms with van der Waals surface area (Å²) in [6.07, 6.45) is 6.81. The van der Waals surface area contributed by atoms with Crippen molar-refractivity contribution in [1.82, 2.24) is 5.32 Å². The van der Waals surface area contributed by atoms with Crippen LogP contribution in [0, 0.1) is 11.8 Å². The molecule has 1 amide bonds. The highest BCUT2D eigenvalue weighted by Crippen LogP contribution is 2.36. The normalized spacial score (nSPS) is 31.4. The fourth-order valence-corrected chi connectivity index (χ4v) is 2.50. The van der Waals surface area contributed by atoms with Gasteiger partial charge in [0, 0.05) is 18.0 Å². The zero-order chi connectivity index (χ0) is 10.8. The molecule has 0 aromatic carbocycles. The summed E-state index contributed by atoms with van der Waals surface area (Å²) >= 11 is 0. The number of amides is 1. The molecule has 0 aliphatic heterocycles. The molecule has 3 N–H and O–H groups in total. The number of carbonyl (C=O) groups is 1. The summed E-state index contributed by atoms with van der Waals surface area (Å²) in [6.45, 7) is 2.05. The third-order valence-corrected chi connectivity index (χ3v) is 3.80. The maximum atomic E-state index is 11.8. The average molecular weight is 247 g/mol. The molecule has 2 rings (SSSR count). The van der Waals surface area contributed by atoms with Crippen molar-refractivity contribution in [1.29, 1.82) is 0 Å². The van der Waals surface area contributed by atoms with Crippen molar-refractivity contribution in [2.24, 2.45) is 17.6 Å². The molecule has 94 valence electrons. The molecule has 3 atom stereocenters. The second-order valence-electron chi connectivity index (χ2n) is 5.26. The number of hydrogen-bond acceptors (Lipinski definition) is 2. The smallest absolute Gasteiger partial charge is 0.223 e. The van der Waals surface area contributed by atoms with Gasteiger partial charge in [0.05, 0.1) is 0 Å². The Balaban J connectivity index is 0.00000128. The minimum atomic E-state index is 0. The van der Waals surface area contributed by atoms with E-state index in [0.29, 0.717) is 18.0 Å². The van der Waals surface area contributed by atoms with E-state index in [2.05, 4.69) is 12.2 Å². The summed E-state index contributed by atoms with van der Waals surface area (Å²) in [4.78, 5) is 11.8. The minimum Gasteiger partial charge on any atom is -0.353 e. The Morgan fingerprint density at radius 1 is 1.31 bits per heavy atom. The van der Waals surface area contributed by atoms with Crippen LogP contribution >= 0.6 is 12.4 Å². The first-order chi connectivity index (χ1) is 7.16. The van der Waals surface area contributed by atoms with E-state index in [-0.39, 0.29) is 24.2 Å². The Hall–Kier alpha value is -0.280. The zero-order valence-corrected chi connectivity index (χ0v) is 10.8. The summed E-state index contributed by atoms with van der Waals surface area (Å²) < 4.78 is 0. The zero-order valence-electron chi connectivity index (χ0n) is 9.95. The molecule has 2 fully saturated rings. The van der Waals surface area contributed by atoms with Gasteiger partial charge in [-0.1, -0.05) is 6.92 Å². The van der Waals surface area contributed by atoms with E-state index >= 15 is 0 Å². The van der Waals surface area contributed by atoms with Crippen molar-refractivity contribution in [2.75, 3.05) is 0 Å². The largest absolute Gasteiger partial charge is 0.353 e. The quantitative estimate of drug-likeness (QED) is 0.799. The first kappa shape index (κ1) is 13.8. The third-order valence-electron chi connectivity index (χ3n) is 3.80. The molecule has 2 saturated carbocycles. The van der Waals surface area contributed by atoms with Gasteiger partial charge in [-0.25, -0.2) is 0 Å². The van der Waals surface area contributed by atoms with Crippen molar-refractivity contribution in [3.05, 3.63) is 0 Å². The van der Waals surface area contributed by atoms with Crippen molar-refractivity contribution >= 4 is 18.3 Å². The van der Waals surface area contributed by atoms with E-state index in [4.69, 9.17) is 5.73 Å². The van der Waals surface area contributed by atoms with E-state index in [1.165, 1.54) is 12.8 Å². The van der Waals surface area contributed by atoms with Crippen LogP contribution in [-0.2, 0) is 4.79 Å². The first-order valence-corrected chi connectivity index (χ1v) is 6.22. The molecule has 16 heavy (non-hydrogen) atoms. The van der Waals surface area contributed by atoms with Crippen LogP contribution in [0.3, 0.4) is 0 Å². The Labute approximate surface area is 104 Å². The second kappa shape index (κ2) is 5.87. The molecule has 3 nitrogen and oxygen atoms in total. The lowest BCUT2D eigenvalue weighted by molar-refractivity contribution is -0.126. The lowest BCUT2D eigenvalue weighted by Crippen LogP contribution is -2.44. The lowest BCUT2D eigenvalue weighted by atomic mass is 9.91. The molecule has 0 aromatic rings. The molecule has 0 saturated heterocycles. The Morgan fingerprint density at radius 2 is 2.00 bits per heavy atom. The van der Waals surface area contributed by atoms with E-state index in [1.54, 1.807) is 0 Å². The molecule has 2 aliphatic carbocycles. The molecule has 0 spiro atoms. The van der Waals surface area contributed by atoms with Crippen molar-refractivity contribution in [3.8, 4) is 0 Å². The van der Waals surface area contributed by atoms with Crippen LogP contribution in [0.5, 0.6) is 0 Å². The van der Waals surface area contributed by atoms with Crippen LogP contribution in [0.1, 0.15) is 45.4 Å². The Bertz CT molecular complexity index is 243. The monoisotopic (exact) mass is 246 g/mol. The maximum absolute atomic E-state index is 11.8. The molecule has 0 aromatic heterocycles. The van der Waals surface area contributed by atoms with Gasteiger partial charge in [0.2, 0.25) is 5.91 Å². The van der Waals surface area contributed by atoms with Gasteiger partial charge in [0.1, 0.15) is 0 Å². The fourth-order valence-electron chi connectivity index (χ4n) is 2.50. The van der Waals surface area contributed by atoms with Gasteiger partial charge in [-0.15, -0.1) is 12.4 Å². The van der Waals surface area contributed by atoms with Gasteiger partial charge < -0.3 is 11.1 Å². The fraction of sp³-hybridized carbons (Fsp3) is 0.917. The molecule has 0 bridgehead atoms. The van der Waals surface area contributed by atoms with Gasteiger partial charge in [0.15, 0.2) is 0 Å². The summed E-state index contributed by atoms with van der Waals surface area (Å²) in [5.41, 5.74) is 5.90. The summed E-state index contributed by atoms with van der Waals surface area (Å²) in [6, 6.07) is 0.628. The summed E-state index contributed by atoms with van der Waals surface area (Å²) in [7, 11) is 0. The van der Waals surface area contributed by atoms with E-state index in [9.17, 15) is 4.79 Å². The highest BCUT2D eigenvalue weighted by atomic mass is 35.5. The molecule has 0 heterocycles. The van der Waals surface area contributed by atoms with Crippen molar-refractivity contribution in [3.63, 3.8) is 0 Å². The molecular formula is C12H23ClN2O. The minimum absolute atomic E-state index is 0. The van der Waals surface area contributed by atoms with Crippen LogP contribution < -0.4 is 11.1 Å². The van der Waals surface area contributed by atoms with Gasteiger partial charge in [0.25, 0.3) is 0 Å². The van der Waals surface area contributed by atoms with E-state index in [1.807, 2.05) is 0 Å². The highest BCUT2D eigenvalue weighted by Gasteiger charge is 2.33. The lowest BCUT2D eigenvalue weighted by Gasteiger charge is -2.28. The highest BCUT2D eigenvalue weighted by molar-refractivity contribution is 5.85. The van der Waals surface area contributed by atoms with Gasteiger partial charge in [-0.2, -0.15) is 0 Å². The topological polar surface area (TPSA) is 55.1 Å². The SMILES string of the molecule is CC(C(=O)NC1CCCC(N)C1)C1CC1.Cl. The van der Waals surface area contributed by atoms with Crippen LogP contribution in [-0.4, -0.2) is 18.0 Å². The van der Waals surface area contributed by atoms with Crippen molar-refractivity contribution < 1.29 is 4.79 Å². The summed E-state index contributed by atoms with van der Waals surface area (Å²) in [5.74, 6) is 1.11. The summed E-state index contributed by atoms with van der Waals surface area (Å²) in [5, 5.41) is 3.15. The van der Waals surface area contributed by atoms with E-state index < -0.39 is 0 Å². The number of nitrogens with two attached hydrogens (primary N) is 1. The van der Waals surface area contributed by atoms with Crippen molar-refractivity contribution in [2.45, 2.75) is 57.5 Å². The van der Waals surface area contributed by atoms with Gasteiger partial charge >= 0.3 is 0 Å². The van der Waals surface area contributed by atoms with Crippen LogP contribution in [0.4, 0.5) is 0 Å². The molecule has 3 unspecified atom stereocenters. The van der Waals surface area contributed by atoms with E-state index in [0.717, 1.165) is 25.7 Å². The number of carbonyl (C=O) groups excluding carboxylic acids is 1. The second-order valence-corrected chi connectivity index (χ2v) is 5.26. The molecule has 0 radical (unpaired) electrons. The number of nitrogens with one attached hydrogen (secondary N) is 1. The van der Waals surface area contributed by atoms with Crippen LogP contribution in [0.15, 0.2) is 0 Å². The van der Waals surface area contributed by atoms with Gasteiger partial charge in [-0.3, -0.25) is 4.79 Å². The number of rotatable bonds is 3.